The standard InChI is InChI=1S/C16H21N3O.ClH/c1-18-11-5-9-15(18)16(20)19(12-6-10-17)13-14-7-3-2-4-8-14;/h2-5,7-9,11H,6,10,12-13,17H2,1H3;1H. The van der Waals surface area contributed by atoms with Crippen LogP contribution in [0.1, 0.15) is 22.5 Å². The van der Waals surface area contributed by atoms with E-state index in [1.165, 1.54) is 0 Å². The smallest absolute Gasteiger partial charge is 0.270 e. The van der Waals surface area contributed by atoms with E-state index < -0.39 is 0 Å². The fraction of sp³-hybridized carbons (Fsp3) is 0.312. The van der Waals surface area contributed by atoms with E-state index in [-0.39, 0.29) is 18.3 Å². The summed E-state index contributed by atoms with van der Waals surface area (Å²) in [7, 11) is 1.89. The van der Waals surface area contributed by atoms with Crippen molar-refractivity contribution in [3.63, 3.8) is 0 Å². The Balaban J connectivity index is 0.00000220. The van der Waals surface area contributed by atoms with E-state index in [1.54, 1.807) is 0 Å². The van der Waals surface area contributed by atoms with Crippen LogP contribution in [-0.4, -0.2) is 28.5 Å². The van der Waals surface area contributed by atoms with E-state index in [0.717, 1.165) is 12.0 Å². The van der Waals surface area contributed by atoms with E-state index in [1.807, 2.05) is 65.2 Å². The topological polar surface area (TPSA) is 51.3 Å². The van der Waals surface area contributed by atoms with Crippen LogP contribution in [0.3, 0.4) is 0 Å². The van der Waals surface area contributed by atoms with Gasteiger partial charge < -0.3 is 15.2 Å². The molecule has 0 atom stereocenters. The third-order valence-electron chi connectivity index (χ3n) is 3.30. The van der Waals surface area contributed by atoms with Crippen molar-refractivity contribution in [3.05, 3.63) is 59.9 Å². The number of amides is 1. The molecular weight excluding hydrogens is 286 g/mol. The monoisotopic (exact) mass is 307 g/mol. The van der Waals surface area contributed by atoms with Gasteiger partial charge in [0.25, 0.3) is 5.91 Å². The summed E-state index contributed by atoms with van der Waals surface area (Å²) >= 11 is 0. The number of hydrogen-bond donors (Lipinski definition) is 1. The molecule has 2 rings (SSSR count). The van der Waals surface area contributed by atoms with Gasteiger partial charge in [-0.15, -0.1) is 12.4 Å². The highest BCUT2D eigenvalue weighted by Gasteiger charge is 2.17. The van der Waals surface area contributed by atoms with Crippen LogP contribution in [0.5, 0.6) is 0 Å². The fourth-order valence-corrected chi connectivity index (χ4v) is 2.18. The van der Waals surface area contributed by atoms with Crippen molar-refractivity contribution in [3.8, 4) is 0 Å². The van der Waals surface area contributed by atoms with Crippen LogP contribution in [0.4, 0.5) is 0 Å². The summed E-state index contributed by atoms with van der Waals surface area (Å²) in [5.74, 6) is 0.0507. The first-order valence-corrected chi connectivity index (χ1v) is 6.87. The molecule has 0 aliphatic carbocycles. The zero-order chi connectivity index (χ0) is 14.4. The second-order valence-corrected chi connectivity index (χ2v) is 4.86. The van der Waals surface area contributed by atoms with Crippen LogP contribution in [0.15, 0.2) is 48.7 Å². The van der Waals surface area contributed by atoms with Crippen molar-refractivity contribution in [1.82, 2.24) is 9.47 Å². The summed E-state index contributed by atoms with van der Waals surface area (Å²) in [6.07, 6.45) is 2.69. The van der Waals surface area contributed by atoms with E-state index in [4.69, 9.17) is 5.73 Å². The summed E-state index contributed by atoms with van der Waals surface area (Å²) in [6.45, 7) is 1.88. The molecule has 2 N–H and O–H groups in total. The number of carbonyl (C=O) groups excluding carboxylic acids is 1. The summed E-state index contributed by atoms with van der Waals surface area (Å²) in [5, 5.41) is 0. The largest absolute Gasteiger partial charge is 0.347 e. The maximum absolute atomic E-state index is 12.6. The summed E-state index contributed by atoms with van der Waals surface area (Å²) in [4.78, 5) is 14.5. The van der Waals surface area contributed by atoms with Crippen LogP contribution >= 0.6 is 12.4 Å². The lowest BCUT2D eigenvalue weighted by Gasteiger charge is -2.23. The Morgan fingerprint density at radius 3 is 2.48 bits per heavy atom. The lowest BCUT2D eigenvalue weighted by atomic mass is 10.2. The number of halogens is 1. The van der Waals surface area contributed by atoms with Gasteiger partial charge in [0.1, 0.15) is 5.69 Å². The van der Waals surface area contributed by atoms with Crippen molar-refractivity contribution in [2.45, 2.75) is 13.0 Å². The van der Waals surface area contributed by atoms with Gasteiger partial charge in [0, 0.05) is 26.3 Å². The predicted octanol–water partition coefficient (Wildman–Crippen LogP) is 2.44. The Morgan fingerprint density at radius 2 is 1.90 bits per heavy atom. The number of nitrogens with zero attached hydrogens (tertiary/aromatic N) is 2. The number of benzene rings is 1. The van der Waals surface area contributed by atoms with E-state index in [0.29, 0.717) is 25.3 Å². The molecule has 114 valence electrons. The molecule has 0 radical (unpaired) electrons. The first-order chi connectivity index (χ1) is 9.72. The molecule has 4 nitrogen and oxygen atoms in total. The maximum Gasteiger partial charge on any atom is 0.270 e. The van der Waals surface area contributed by atoms with Gasteiger partial charge in [0.15, 0.2) is 0 Å². The molecule has 0 bridgehead atoms. The summed E-state index contributed by atoms with van der Waals surface area (Å²) < 4.78 is 1.85. The average Bonchev–Trinajstić information content (AvgIpc) is 2.90. The van der Waals surface area contributed by atoms with Crippen LogP contribution in [-0.2, 0) is 13.6 Å². The molecule has 1 aromatic carbocycles. The Labute approximate surface area is 132 Å². The molecule has 1 amide bonds. The van der Waals surface area contributed by atoms with Crippen molar-refractivity contribution in [2.24, 2.45) is 12.8 Å². The molecule has 1 heterocycles. The third-order valence-corrected chi connectivity index (χ3v) is 3.30. The van der Waals surface area contributed by atoms with Crippen LogP contribution in [0.2, 0.25) is 0 Å². The van der Waals surface area contributed by atoms with Crippen molar-refractivity contribution in [2.75, 3.05) is 13.1 Å². The third kappa shape index (κ3) is 4.62. The van der Waals surface area contributed by atoms with Crippen molar-refractivity contribution < 1.29 is 4.79 Å². The Bertz CT molecular complexity index is 554. The number of nitrogens with two attached hydrogens (primary N) is 1. The summed E-state index contributed by atoms with van der Waals surface area (Å²) in [6, 6.07) is 13.8. The molecule has 0 aliphatic rings. The first kappa shape index (κ1) is 17.3. The van der Waals surface area contributed by atoms with Crippen LogP contribution in [0, 0.1) is 0 Å². The number of hydrogen-bond acceptors (Lipinski definition) is 2. The number of aryl methyl sites for hydroxylation is 1. The minimum Gasteiger partial charge on any atom is -0.347 e. The molecule has 0 spiro atoms. The number of aromatic nitrogens is 1. The lowest BCUT2D eigenvalue weighted by molar-refractivity contribution is 0.0732. The van der Waals surface area contributed by atoms with Gasteiger partial charge in [-0.25, -0.2) is 0 Å². The first-order valence-electron chi connectivity index (χ1n) is 6.87. The second kappa shape index (κ2) is 8.49. The molecule has 5 heteroatoms. The van der Waals surface area contributed by atoms with Crippen LogP contribution < -0.4 is 5.73 Å². The van der Waals surface area contributed by atoms with Gasteiger partial charge in [-0.2, -0.15) is 0 Å². The van der Waals surface area contributed by atoms with Gasteiger partial charge in [-0.05, 0) is 30.7 Å². The lowest BCUT2D eigenvalue weighted by Crippen LogP contribution is -2.33. The quantitative estimate of drug-likeness (QED) is 0.891. The van der Waals surface area contributed by atoms with Gasteiger partial charge >= 0.3 is 0 Å². The molecule has 0 unspecified atom stereocenters. The zero-order valence-corrected chi connectivity index (χ0v) is 13.1. The van der Waals surface area contributed by atoms with E-state index in [2.05, 4.69) is 0 Å². The Hall–Kier alpha value is -1.78. The SMILES string of the molecule is Cl.Cn1cccc1C(=O)N(CCCN)Cc1ccccc1. The molecule has 0 aliphatic heterocycles. The zero-order valence-electron chi connectivity index (χ0n) is 12.2. The Morgan fingerprint density at radius 1 is 1.19 bits per heavy atom. The number of carbonyl (C=O) groups is 1. The molecule has 2 aromatic rings. The Kier molecular flexibility index (Phi) is 6.99. The molecular formula is C16H22ClN3O. The molecule has 0 fully saturated rings. The van der Waals surface area contributed by atoms with E-state index >= 15 is 0 Å². The second-order valence-electron chi connectivity index (χ2n) is 4.86. The fourth-order valence-electron chi connectivity index (χ4n) is 2.18. The van der Waals surface area contributed by atoms with Gasteiger partial charge in [0.2, 0.25) is 0 Å². The highest BCUT2D eigenvalue weighted by Crippen LogP contribution is 2.11. The average molecular weight is 308 g/mol. The normalized spacial score (nSPS) is 10.0. The number of rotatable bonds is 6. The highest BCUT2D eigenvalue weighted by molar-refractivity contribution is 5.92. The maximum atomic E-state index is 12.6. The molecule has 0 saturated carbocycles. The van der Waals surface area contributed by atoms with E-state index in [9.17, 15) is 4.79 Å². The molecule has 0 saturated heterocycles. The van der Waals surface area contributed by atoms with Gasteiger partial charge in [0.05, 0.1) is 0 Å². The predicted molar refractivity (Wildman–Crippen MR) is 87.5 cm³/mol. The highest BCUT2D eigenvalue weighted by atomic mass is 35.5. The molecule has 1 aromatic heterocycles. The minimum atomic E-state index is 0. The minimum absolute atomic E-state index is 0. The van der Waals surface area contributed by atoms with Crippen LogP contribution in [0.25, 0.3) is 0 Å². The van der Waals surface area contributed by atoms with Gasteiger partial charge in [-0.1, -0.05) is 30.3 Å². The summed E-state index contributed by atoms with van der Waals surface area (Å²) in [5.41, 5.74) is 7.41. The van der Waals surface area contributed by atoms with Crippen molar-refractivity contribution in [1.29, 1.82) is 0 Å². The van der Waals surface area contributed by atoms with Crippen molar-refractivity contribution >= 4 is 18.3 Å². The van der Waals surface area contributed by atoms with Gasteiger partial charge in [-0.3, -0.25) is 4.79 Å². The molecule has 21 heavy (non-hydrogen) atoms.